The molecule has 2 aromatic carbocycles. The van der Waals surface area contributed by atoms with Gasteiger partial charge in [-0.15, -0.1) is 11.3 Å². The van der Waals surface area contributed by atoms with Crippen LogP contribution in [0.4, 0.5) is 0 Å². The molecular formula is C33H26N4O4S2. The van der Waals surface area contributed by atoms with E-state index in [0.717, 1.165) is 16.1 Å². The van der Waals surface area contributed by atoms with Crippen LogP contribution in [0, 0.1) is 22.7 Å². The first kappa shape index (κ1) is 29.5. The Bertz CT molecular complexity index is 1770. The molecule has 0 amide bonds. The molecule has 0 radical (unpaired) electrons. The zero-order valence-electron chi connectivity index (χ0n) is 23.2. The smallest absolute Gasteiger partial charge is 0.338 e. The summed E-state index contributed by atoms with van der Waals surface area (Å²) in [7, 11) is 0. The Kier molecular flexibility index (Phi) is 9.42. The molecule has 0 saturated heterocycles. The van der Waals surface area contributed by atoms with Crippen LogP contribution >= 0.6 is 23.1 Å². The molecule has 0 aliphatic carbocycles. The highest BCUT2D eigenvalue weighted by atomic mass is 32.2. The quantitative estimate of drug-likeness (QED) is 0.155. The number of thiophene rings is 1. The Morgan fingerprint density at radius 1 is 1.07 bits per heavy atom. The van der Waals surface area contributed by atoms with E-state index in [9.17, 15) is 15.3 Å². The van der Waals surface area contributed by atoms with Crippen molar-refractivity contribution in [2.24, 2.45) is 5.73 Å². The summed E-state index contributed by atoms with van der Waals surface area (Å²) in [5.74, 6) is -0.671. The van der Waals surface area contributed by atoms with Gasteiger partial charge >= 0.3 is 5.97 Å². The van der Waals surface area contributed by atoms with Crippen LogP contribution in [0.5, 0.6) is 5.75 Å². The summed E-state index contributed by atoms with van der Waals surface area (Å²) in [6, 6.07) is 28.7. The predicted molar refractivity (Wildman–Crippen MR) is 165 cm³/mol. The van der Waals surface area contributed by atoms with Crippen LogP contribution in [0.1, 0.15) is 29.5 Å². The number of nitrogens with zero attached hydrogens (tertiary/aromatic N) is 3. The van der Waals surface area contributed by atoms with Crippen molar-refractivity contribution in [3.8, 4) is 28.5 Å². The van der Waals surface area contributed by atoms with E-state index in [2.05, 4.69) is 12.1 Å². The molecule has 1 atom stereocenters. The summed E-state index contributed by atoms with van der Waals surface area (Å²) in [4.78, 5) is 19.1. The Balaban J connectivity index is 1.51. The van der Waals surface area contributed by atoms with Gasteiger partial charge in [0.25, 0.3) is 0 Å². The van der Waals surface area contributed by atoms with E-state index in [1.807, 2.05) is 53.9 Å². The van der Waals surface area contributed by atoms with Crippen LogP contribution in [0.25, 0.3) is 10.6 Å². The molecule has 43 heavy (non-hydrogen) atoms. The first-order chi connectivity index (χ1) is 21.0. The molecule has 0 fully saturated rings. The van der Waals surface area contributed by atoms with Crippen LogP contribution in [-0.4, -0.2) is 23.3 Å². The van der Waals surface area contributed by atoms with Crippen molar-refractivity contribution in [1.29, 1.82) is 10.5 Å². The number of ether oxygens (including phenoxy) is 3. The van der Waals surface area contributed by atoms with Gasteiger partial charge in [-0.3, -0.25) is 0 Å². The number of pyridine rings is 1. The number of rotatable bonds is 10. The van der Waals surface area contributed by atoms with Gasteiger partial charge in [0.15, 0.2) is 0 Å². The van der Waals surface area contributed by atoms with Gasteiger partial charge in [-0.25, -0.2) is 9.78 Å². The minimum absolute atomic E-state index is 0.0903. The van der Waals surface area contributed by atoms with E-state index in [0.29, 0.717) is 28.5 Å². The lowest BCUT2D eigenvalue weighted by Gasteiger charge is -2.28. The molecule has 5 rings (SSSR count). The number of hydrogen-bond acceptors (Lipinski definition) is 10. The van der Waals surface area contributed by atoms with Crippen LogP contribution in [0.2, 0.25) is 0 Å². The number of nitrogens with two attached hydrogens (primary N) is 1. The lowest BCUT2D eigenvalue weighted by molar-refractivity contribution is -0.139. The molecular weight excluding hydrogens is 581 g/mol. The minimum atomic E-state index is -0.852. The maximum Gasteiger partial charge on any atom is 0.338 e. The maximum absolute atomic E-state index is 13.5. The molecule has 10 heteroatoms. The van der Waals surface area contributed by atoms with E-state index in [1.165, 1.54) is 11.8 Å². The van der Waals surface area contributed by atoms with Crippen molar-refractivity contribution in [3.05, 3.63) is 124 Å². The minimum Gasteiger partial charge on any atom is -0.489 e. The predicted octanol–water partition coefficient (Wildman–Crippen LogP) is 6.68. The lowest BCUT2D eigenvalue weighted by Crippen LogP contribution is -2.27. The molecule has 8 nitrogen and oxygen atoms in total. The van der Waals surface area contributed by atoms with Gasteiger partial charge in [-0.2, -0.15) is 10.5 Å². The van der Waals surface area contributed by atoms with Crippen LogP contribution in [0.15, 0.2) is 112 Å². The highest BCUT2D eigenvalue weighted by Crippen LogP contribution is 2.42. The van der Waals surface area contributed by atoms with Gasteiger partial charge in [0.1, 0.15) is 40.9 Å². The van der Waals surface area contributed by atoms with Gasteiger partial charge in [0.05, 0.1) is 40.0 Å². The van der Waals surface area contributed by atoms with Crippen molar-refractivity contribution in [2.75, 3.05) is 12.4 Å². The molecule has 4 aromatic rings. The molecule has 0 saturated carbocycles. The van der Waals surface area contributed by atoms with Crippen LogP contribution in [0.3, 0.4) is 0 Å². The summed E-state index contributed by atoms with van der Waals surface area (Å²) in [6.07, 6.45) is 0. The molecule has 0 bridgehead atoms. The highest BCUT2D eigenvalue weighted by molar-refractivity contribution is 7.99. The van der Waals surface area contributed by atoms with Crippen molar-refractivity contribution in [1.82, 2.24) is 4.98 Å². The van der Waals surface area contributed by atoms with E-state index < -0.39 is 11.9 Å². The third-order valence-electron chi connectivity index (χ3n) is 6.53. The van der Waals surface area contributed by atoms with Gasteiger partial charge in [-0.1, -0.05) is 60.3 Å². The summed E-state index contributed by atoms with van der Waals surface area (Å²) < 4.78 is 17.4. The van der Waals surface area contributed by atoms with Crippen molar-refractivity contribution >= 4 is 29.1 Å². The van der Waals surface area contributed by atoms with Gasteiger partial charge in [-0.05, 0) is 53.8 Å². The number of carbonyl (C=O) groups excluding carboxylic acids is 1. The zero-order valence-corrected chi connectivity index (χ0v) is 24.8. The fourth-order valence-electron chi connectivity index (χ4n) is 4.55. The highest BCUT2D eigenvalue weighted by Gasteiger charge is 2.38. The normalized spacial score (nSPS) is 14.4. The largest absolute Gasteiger partial charge is 0.489 e. The molecule has 0 unspecified atom stereocenters. The zero-order chi connectivity index (χ0) is 30.2. The van der Waals surface area contributed by atoms with Crippen LogP contribution < -0.4 is 10.5 Å². The number of carbonyl (C=O) groups is 1. The third-order valence-corrected chi connectivity index (χ3v) is 8.41. The van der Waals surface area contributed by atoms with Crippen molar-refractivity contribution < 1.29 is 19.0 Å². The van der Waals surface area contributed by atoms with E-state index in [1.54, 1.807) is 48.6 Å². The fraction of sp³-hybridized carbons (Fsp3) is 0.152. The number of benzene rings is 2. The first-order valence-corrected chi connectivity index (χ1v) is 15.2. The molecule has 214 valence electrons. The third kappa shape index (κ3) is 6.73. The standard InChI is InChI=1S/C33H26N4O4S2/c1-2-39-33(38)30-27(20-43-32-23(17-34)13-14-26(37-32)28-12-7-15-42-28)41-31(36)25(18-35)29(30)22-10-6-11-24(16-22)40-19-21-8-4-3-5-9-21/h3-16,29H,2,19-20,36H2,1H3/t29-/m1/s1. The lowest BCUT2D eigenvalue weighted by atomic mass is 9.83. The topological polar surface area (TPSA) is 131 Å². The average Bonchev–Trinajstić information content (AvgIpc) is 3.58. The van der Waals surface area contributed by atoms with E-state index >= 15 is 0 Å². The number of esters is 1. The second-order valence-corrected chi connectivity index (χ2v) is 11.2. The fourth-order valence-corrected chi connectivity index (χ4v) is 6.16. The first-order valence-electron chi connectivity index (χ1n) is 13.3. The molecule has 0 spiro atoms. The number of allylic oxidation sites excluding steroid dienone is 1. The van der Waals surface area contributed by atoms with E-state index in [4.69, 9.17) is 24.9 Å². The van der Waals surface area contributed by atoms with Gasteiger partial charge < -0.3 is 19.9 Å². The second-order valence-electron chi connectivity index (χ2n) is 9.26. The van der Waals surface area contributed by atoms with Gasteiger partial charge in [0, 0.05) is 0 Å². The maximum atomic E-state index is 13.5. The Hall–Kier alpha value is -5.03. The van der Waals surface area contributed by atoms with Gasteiger partial charge in [0.2, 0.25) is 5.88 Å². The summed E-state index contributed by atoms with van der Waals surface area (Å²) >= 11 is 2.79. The Morgan fingerprint density at radius 3 is 2.63 bits per heavy atom. The summed E-state index contributed by atoms with van der Waals surface area (Å²) in [6.45, 7) is 2.18. The van der Waals surface area contributed by atoms with Crippen molar-refractivity contribution in [3.63, 3.8) is 0 Å². The summed E-state index contributed by atoms with van der Waals surface area (Å²) in [5.41, 5.74) is 9.27. The van der Waals surface area contributed by atoms with Crippen LogP contribution in [-0.2, 0) is 20.9 Å². The second kappa shape index (κ2) is 13.8. The van der Waals surface area contributed by atoms with E-state index in [-0.39, 0.29) is 35.1 Å². The molecule has 1 aliphatic heterocycles. The number of aromatic nitrogens is 1. The number of nitriles is 2. The SMILES string of the molecule is CCOC(=O)C1=C(CSc2nc(-c3cccs3)ccc2C#N)OC(N)=C(C#N)[C@H]1c1cccc(OCc2ccccc2)c1. The molecule has 1 aliphatic rings. The number of thioether (sulfide) groups is 1. The molecule has 2 N–H and O–H groups in total. The Morgan fingerprint density at radius 2 is 1.91 bits per heavy atom. The molecule has 3 heterocycles. The number of hydrogen-bond donors (Lipinski definition) is 1. The van der Waals surface area contributed by atoms with Crippen molar-refractivity contribution in [2.45, 2.75) is 24.5 Å². The average molecular weight is 607 g/mol. The Labute approximate surface area is 257 Å². The summed E-state index contributed by atoms with van der Waals surface area (Å²) in [5, 5.41) is 22.3. The molecule has 2 aromatic heterocycles. The monoisotopic (exact) mass is 606 g/mol.